The number of halogens is 2. The monoisotopic (exact) mass is 476 g/mol. The maximum absolute atomic E-state index is 13.1. The molecular formula is C23H16Cl2N7O. The molecule has 0 aliphatic rings. The van der Waals surface area contributed by atoms with Crippen LogP contribution in [-0.4, -0.2) is 34.7 Å². The lowest BCUT2D eigenvalue weighted by Crippen LogP contribution is -2.23. The van der Waals surface area contributed by atoms with E-state index in [2.05, 4.69) is 31.6 Å². The molecule has 0 spiro atoms. The first-order chi connectivity index (χ1) is 16.0. The Bertz CT molecular complexity index is 1490. The number of aromatic amines is 1. The number of benzene rings is 2. The number of hydrogen-bond donors (Lipinski definition) is 1. The van der Waals surface area contributed by atoms with E-state index in [1.54, 1.807) is 34.9 Å². The standard InChI is InChI=1S/C23H16Cl2N7O/c1-14-9-16(18-11-17(24)7-8-19(18)32-13-26-29-30-32)10-21(33)31(14)12-20-27-22(23(25)28-20)15-5-3-2-4-6-15/h3-11,13H,12H2,1H3,(H,27,28). The van der Waals surface area contributed by atoms with Crippen molar-refractivity contribution in [1.29, 1.82) is 0 Å². The van der Waals surface area contributed by atoms with Crippen molar-refractivity contribution in [3.05, 3.63) is 99.0 Å². The van der Waals surface area contributed by atoms with Crippen molar-refractivity contribution in [3.63, 3.8) is 0 Å². The molecule has 5 rings (SSSR count). The van der Waals surface area contributed by atoms with Gasteiger partial charge in [-0.25, -0.2) is 4.98 Å². The van der Waals surface area contributed by atoms with E-state index in [9.17, 15) is 4.79 Å². The van der Waals surface area contributed by atoms with Gasteiger partial charge in [0.25, 0.3) is 5.56 Å². The van der Waals surface area contributed by atoms with E-state index in [-0.39, 0.29) is 12.1 Å². The highest BCUT2D eigenvalue weighted by molar-refractivity contribution is 6.32. The fourth-order valence-electron chi connectivity index (χ4n) is 3.67. The molecular weight excluding hydrogens is 461 g/mol. The van der Waals surface area contributed by atoms with E-state index in [0.29, 0.717) is 32.9 Å². The van der Waals surface area contributed by atoms with Crippen LogP contribution in [0.25, 0.3) is 28.1 Å². The van der Waals surface area contributed by atoms with Crippen LogP contribution in [0.3, 0.4) is 0 Å². The molecule has 0 unspecified atom stereocenters. The first-order valence-electron chi connectivity index (χ1n) is 9.95. The average Bonchev–Trinajstić information content (AvgIpc) is 3.46. The summed E-state index contributed by atoms with van der Waals surface area (Å²) in [4.78, 5) is 20.7. The molecule has 3 aromatic heterocycles. The number of rotatable bonds is 5. The van der Waals surface area contributed by atoms with E-state index in [0.717, 1.165) is 16.8 Å². The molecule has 0 saturated carbocycles. The van der Waals surface area contributed by atoms with Gasteiger partial charge < -0.3 is 9.55 Å². The molecule has 0 saturated heterocycles. The predicted molar refractivity (Wildman–Crippen MR) is 126 cm³/mol. The smallest absolute Gasteiger partial charge is 0.251 e. The maximum atomic E-state index is 13.1. The van der Waals surface area contributed by atoms with Crippen LogP contribution in [0.1, 0.15) is 11.5 Å². The van der Waals surface area contributed by atoms with E-state index < -0.39 is 0 Å². The van der Waals surface area contributed by atoms with Crippen LogP contribution < -0.4 is 5.56 Å². The third-order valence-electron chi connectivity index (χ3n) is 5.22. The zero-order valence-corrected chi connectivity index (χ0v) is 18.8. The second kappa shape index (κ2) is 8.65. The normalized spacial score (nSPS) is 11.1. The number of tetrazole rings is 1. The number of nitrogens with one attached hydrogen (secondary N) is 1. The van der Waals surface area contributed by atoms with Gasteiger partial charge in [-0.05, 0) is 53.2 Å². The lowest BCUT2D eigenvalue weighted by molar-refractivity contribution is 0.700. The van der Waals surface area contributed by atoms with Crippen molar-refractivity contribution in [1.82, 2.24) is 34.7 Å². The summed E-state index contributed by atoms with van der Waals surface area (Å²) in [6.07, 6.45) is 1.49. The van der Waals surface area contributed by atoms with Gasteiger partial charge in [-0.3, -0.25) is 4.79 Å². The molecule has 10 heteroatoms. The molecule has 0 atom stereocenters. The predicted octanol–water partition coefficient (Wildman–Crippen LogP) is 4.34. The third-order valence-corrected chi connectivity index (χ3v) is 5.73. The van der Waals surface area contributed by atoms with Crippen LogP contribution in [0, 0.1) is 13.0 Å². The number of nitrogens with zero attached hydrogens (tertiary/aromatic N) is 6. The fraction of sp³-hybridized carbons (Fsp3) is 0.0870. The molecule has 0 aliphatic carbocycles. The molecule has 33 heavy (non-hydrogen) atoms. The summed E-state index contributed by atoms with van der Waals surface area (Å²) in [5.41, 5.74) is 4.33. The number of aromatic nitrogens is 7. The Morgan fingerprint density at radius 3 is 2.61 bits per heavy atom. The van der Waals surface area contributed by atoms with E-state index in [1.165, 1.54) is 11.0 Å². The van der Waals surface area contributed by atoms with Crippen molar-refractivity contribution in [2.45, 2.75) is 13.5 Å². The number of hydrogen-bond acceptors (Lipinski definition) is 5. The van der Waals surface area contributed by atoms with Gasteiger partial charge in [0.2, 0.25) is 0 Å². The Morgan fingerprint density at radius 1 is 1.06 bits per heavy atom. The molecule has 0 fully saturated rings. The first-order valence-corrected chi connectivity index (χ1v) is 10.7. The summed E-state index contributed by atoms with van der Waals surface area (Å²) in [7, 11) is 0. The fourth-order valence-corrected chi connectivity index (χ4v) is 4.10. The summed E-state index contributed by atoms with van der Waals surface area (Å²) >= 11 is 12.6. The molecule has 3 heterocycles. The molecule has 8 nitrogen and oxygen atoms in total. The van der Waals surface area contributed by atoms with Crippen LogP contribution in [0.4, 0.5) is 0 Å². The molecule has 163 valence electrons. The third kappa shape index (κ3) is 4.18. The SMILES string of the molecule is Cc1cc(-c2cc(Cl)ccc2-n2cnnn2)cc(=O)n1Cc1nc(Cl)c(-c2cc[c]cc2)[nH]1. The highest BCUT2D eigenvalue weighted by Crippen LogP contribution is 2.29. The summed E-state index contributed by atoms with van der Waals surface area (Å²) < 4.78 is 3.16. The summed E-state index contributed by atoms with van der Waals surface area (Å²) in [5, 5.41) is 12.2. The number of H-pyrrole nitrogens is 1. The minimum absolute atomic E-state index is 0.184. The lowest BCUT2D eigenvalue weighted by Gasteiger charge is -2.13. The van der Waals surface area contributed by atoms with Crippen LogP contribution in [0.5, 0.6) is 0 Å². The summed E-state index contributed by atoms with van der Waals surface area (Å²) in [6, 6.07) is 19.2. The van der Waals surface area contributed by atoms with Crippen molar-refractivity contribution in [2.24, 2.45) is 0 Å². The Labute approximate surface area is 198 Å². The van der Waals surface area contributed by atoms with Gasteiger partial charge in [0, 0.05) is 27.9 Å². The second-order valence-electron chi connectivity index (χ2n) is 7.36. The number of aryl methyl sites for hydroxylation is 1. The highest BCUT2D eigenvalue weighted by atomic mass is 35.5. The zero-order valence-electron chi connectivity index (χ0n) is 17.3. The summed E-state index contributed by atoms with van der Waals surface area (Å²) in [5.74, 6) is 0.581. The molecule has 0 aliphatic heterocycles. The topological polar surface area (TPSA) is 94.3 Å². The van der Waals surface area contributed by atoms with Crippen molar-refractivity contribution in [2.75, 3.05) is 0 Å². The molecule has 1 radical (unpaired) electrons. The van der Waals surface area contributed by atoms with Gasteiger partial charge in [0.1, 0.15) is 12.2 Å². The quantitative estimate of drug-likeness (QED) is 0.406. The highest BCUT2D eigenvalue weighted by Gasteiger charge is 2.15. The average molecular weight is 477 g/mol. The minimum Gasteiger partial charge on any atom is -0.339 e. The van der Waals surface area contributed by atoms with Gasteiger partial charge in [-0.2, -0.15) is 4.68 Å². The summed E-state index contributed by atoms with van der Waals surface area (Å²) in [6.45, 7) is 2.11. The number of pyridine rings is 1. The Balaban J connectivity index is 1.52. The van der Waals surface area contributed by atoms with Gasteiger partial charge in [0.05, 0.1) is 17.9 Å². The first kappa shape index (κ1) is 21.1. The van der Waals surface area contributed by atoms with E-state index in [1.807, 2.05) is 31.2 Å². The van der Waals surface area contributed by atoms with E-state index >= 15 is 0 Å². The van der Waals surface area contributed by atoms with Gasteiger partial charge in [-0.15, -0.1) is 5.10 Å². The van der Waals surface area contributed by atoms with Crippen LogP contribution in [0.2, 0.25) is 10.2 Å². The molecule has 0 amide bonds. The van der Waals surface area contributed by atoms with Crippen LogP contribution in [-0.2, 0) is 6.54 Å². The lowest BCUT2D eigenvalue weighted by atomic mass is 10.0. The Morgan fingerprint density at radius 2 is 1.88 bits per heavy atom. The number of imidazole rings is 1. The van der Waals surface area contributed by atoms with Crippen molar-refractivity contribution in [3.8, 4) is 28.1 Å². The molecule has 1 N–H and O–H groups in total. The Hall–Kier alpha value is -3.75. The van der Waals surface area contributed by atoms with E-state index in [4.69, 9.17) is 23.2 Å². The minimum atomic E-state index is -0.184. The van der Waals surface area contributed by atoms with Gasteiger partial charge in [0.15, 0.2) is 5.15 Å². The molecule has 5 aromatic rings. The molecule has 0 bridgehead atoms. The molecule has 2 aromatic carbocycles. The van der Waals surface area contributed by atoms with Crippen molar-refractivity contribution < 1.29 is 0 Å². The van der Waals surface area contributed by atoms with Gasteiger partial charge in [-0.1, -0.05) is 47.5 Å². The maximum Gasteiger partial charge on any atom is 0.251 e. The van der Waals surface area contributed by atoms with Gasteiger partial charge >= 0.3 is 0 Å². The Kier molecular flexibility index (Phi) is 5.53. The van der Waals surface area contributed by atoms with Crippen LogP contribution in [0.15, 0.2) is 65.7 Å². The largest absolute Gasteiger partial charge is 0.339 e. The van der Waals surface area contributed by atoms with Crippen molar-refractivity contribution >= 4 is 23.2 Å². The van der Waals surface area contributed by atoms with Crippen LogP contribution >= 0.6 is 23.2 Å². The zero-order chi connectivity index (χ0) is 22.9. The second-order valence-corrected chi connectivity index (χ2v) is 8.16.